The Morgan fingerprint density at radius 3 is 3.08 bits per heavy atom. The highest BCUT2D eigenvalue weighted by atomic mass is 35.5. The van der Waals surface area contributed by atoms with Gasteiger partial charge in [0.1, 0.15) is 0 Å². The average molecular weight is 194 g/mol. The van der Waals surface area contributed by atoms with E-state index in [0.717, 1.165) is 5.69 Å². The smallest absolute Gasteiger partial charge is 0.189 e. The van der Waals surface area contributed by atoms with Gasteiger partial charge in [0.2, 0.25) is 0 Å². The molecule has 1 N–H and O–H groups in total. The van der Waals surface area contributed by atoms with E-state index in [1.165, 1.54) is 6.07 Å². The van der Waals surface area contributed by atoms with Crippen LogP contribution < -0.4 is 5.43 Å². The monoisotopic (exact) mass is 193 g/mol. The molecule has 0 aromatic carbocycles. The van der Waals surface area contributed by atoms with Crippen molar-refractivity contribution in [3.8, 4) is 0 Å². The van der Waals surface area contributed by atoms with Crippen LogP contribution in [0, 0.1) is 0 Å². The first-order valence-electron chi connectivity index (χ1n) is 3.93. The van der Waals surface area contributed by atoms with E-state index in [2.05, 4.69) is 11.6 Å². The summed E-state index contributed by atoms with van der Waals surface area (Å²) in [5.41, 5.74) is 2.02. The van der Waals surface area contributed by atoms with Crippen molar-refractivity contribution >= 4 is 23.3 Å². The van der Waals surface area contributed by atoms with Crippen molar-refractivity contribution in [3.63, 3.8) is 0 Å². The van der Waals surface area contributed by atoms with Crippen LogP contribution in [0.2, 0.25) is 0 Å². The lowest BCUT2D eigenvalue weighted by Crippen LogP contribution is -2.16. The van der Waals surface area contributed by atoms with Crippen LogP contribution >= 0.6 is 11.6 Å². The van der Waals surface area contributed by atoms with Crippen LogP contribution in [-0.4, -0.2) is 10.4 Å². The summed E-state index contributed by atoms with van der Waals surface area (Å²) in [7, 11) is 0. The van der Waals surface area contributed by atoms with E-state index in [0.29, 0.717) is 11.1 Å². The fourth-order valence-corrected chi connectivity index (χ4v) is 1.57. The maximum absolute atomic E-state index is 11.4. The van der Waals surface area contributed by atoms with Gasteiger partial charge in [-0.3, -0.25) is 4.79 Å². The van der Waals surface area contributed by atoms with Crippen LogP contribution in [-0.2, 0) is 0 Å². The van der Waals surface area contributed by atoms with Gasteiger partial charge in [0, 0.05) is 23.5 Å². The van der Waals surface area contributed by atoms with E-state index in [1.54, 1.807) is 6.20 Å². The van der Waals surface area contributed by atoms with Crippen molar-refractivity contribution in [3.05, 3.63) is 46.4 Å². The Balaban J connectivity index is 2.74. The van der Waals surface area contributed by atoms with Gasteiger partial charge < -0.3 is 4.98 Å². The molecule has 1 atom stereocenters. The molecule has 3 heteroatoms. The van der Waals surface area contributed by atoms with Crippen LogP contribution in [0.15, 0.2) is 29.7 Å². The topological polar surface area (TPSA) is 32.9 Å². The molecule has 0 spiro atoms. The molecule has 66 valence electrons. The molecule has 13 heavy (non-hydrogen) atoms. The number of alkyl halides is 1. The number of pyridine rings is 1. The Kier molecular flexibility index (Phi) is 1.85. The number of rotatable bonds is 0. The van der Waals surface area contributed by atoms with Gasteiger partial charge in [0.25, 0.3) is 0 Å². The van der Waals surface area contributed by atoms with Crippen LogP contribution in [0.5, 0.6) is 0 Å². The second-order valence-electron chi connectivity index (χ2n) is 2.92. The first-order chi connectivity index (χ1) is 6.20. The molecular weight excluding hydrogens is 186 g/mol. The maximum atomic E-state index is 11.4. The lowest BCUT2D eigenvalue weighted by molar-refractivity contribution is 1.21. The van der Waals surface area contributed by atoms with Gasteiger partial charge in [-0.25, -0.2) is 0 Å². The van der Waals surface area contributed by atoms with Gasteiger partial charge in [-0.05, 0) is 11.6 Å². The first kappa shape index (κ1) is 8.32. The lowest BCUT2D eigenvalue weighted by Gasteiger charge is -2.15. The molecule has 1 aromatic rings. The first-order valence-corrected chi connectivity index (χ1v) is 4.37. The summed E-state index contributed by atoms with van der Waals surface area (Å²) >= 11 is 5.93. The summed E-state index contributed by atoms with van der Waals surface area (Å²) in [5, 5.41) is -0.268. The molecular formula is C10H8ClNO. The van der Waals surface area contributed by atoms with Gasteiger partial charge in [0.05, 0.1) is 5.38 Å². The summed E-state index contributed by atoms with van der Waals surface area (Å²) in [6.45, 7) is 3.79. The Hall–Kier alpha value is -1.28. The van der Waals surface area contributed by atoms with Crippen molar-refractivity contribution in [2.45, 2.75) is 5.38 Å². The van der Waals surface area contributed by atoms with Gasteiger partial charge in [-0.15, -0.1) is 11.6 Å². The van der Waals surface area contributed by atoms with Crippen molar-refractivity contribution in [2.75, 3.05) is 0 Å². The van der Waals surface area contributed by atoms with E-state index in [4.69, 9.17) is 11.6 Å². The molecule has 1 aromatic heterocycles. The Morgan fingerprint density at radius 2 is 2.31 bits per heavy atom. The fourth-order valence-electron chi connectivity index (χ4n) is 1.39. The third-order valence-electron chi connectivity index (χ3n) is 2.08. The normalized spacial score (nSPS) is 20.1. The highest BCUT2D eigenvalue weighted by Crippen LogP contribution is 2.26. The molecule has 0 aliphatic heterocycles. The van der Waals surface area contributed by atoms with Gasteiger partial charge in [0.15, 0.2) is 5.43 Å². The number of allylic oxidation sites excluding steroid dienone is 2. The molecule has 0 fully saturated rings. The van der Waals surface area contributed by atoms with Gasteiger partial charge >= 0.3 is 0 Å². The van der Waals surface area contributed by atoms with Crippen LogP contribution in [0.1, 0.15) is 11.3 Å². The second kappa shape index (κ2) is 2.89. The standard InChI is InChI=1S/C10H8ClNO/c1-6-7(11)2-3-8-10(6)9(13)4-5-12-8/h2-5,7H,1H2,(H,12,13). The van der Waals surface area contributed by atoms with E-state index < -0.39 is 0 Å². The Morgan fingerprint density at radius 1 is 1.54 bits per heavy atom. The Labute approximate surface area is 80.6 Å². The maximum Gasteiger partial charge on any atom is 0.189 e. The average Bonchev–Trinajstić information content (AvgIpc) is 2.12. The molecule has 2 rings (SSSR count). The molecule has 1 heterocycles. The van der Waals surface area contributed by atoms with Crippen LogP contribution in [0.25, 0.3) is 11.6 Å². The number of halogens is 1. The number of hydrogen-bond donors (Lipinski definition) is 1. The number of H-pyrrole nitrogens is 1. The summed E-state index contributed by atoms with van der Waals surface area (Å²) < 4.78 is 0. The number of nitrogens with one attached hydrogen (secondary N) is 1. The minimum atomic E-state index is -0.268. The largest absolute Gasteiger partial charge is 0.361 e. The minimum absolute atomic E-state index is 0.0336. The molecule has 0 radical (unpaired) electrons. The van der Waals surface area contributed by atoms with Crippen molar-refractivity contribution in [1.29, 1.82) is 0 Å². The third-order valence-corrected chi connectivity index (χ3v) is 2.48. The lowest BCUT2D eigenvalue weighted by atomic mass is 9.97. The summed E-state index contributed by atoms with van der Waals surface area (Å²) in [5.74, 6) is 0. The van der Waals surface area contributed by atoms with E-state index >= 15 is 0 Å². The summed E-state index contributed by atoms with van der Waals surface area (Å²) in [4.78, 5) is 14.4. The van der Waals surface area contributed by atoms with Crippen LogP contribution in [0.4, 0.5) is 0 Å². The summed E-state index contributed by atoms with van der Waals surface area (Å²) in [6, 6.07) is 1.48. The SMILES string of the molecule is C=C1c2c([nH]ccc2=O)C=CC1Cl. The minimum Gasteiger partial charge on any atom is -0.361 e. The molecule has 1 unspecified atom stereocenters. The highest BCUT2D eigenvalue weighted by Gasteiger charge is 2.18. The summed E-state index contributed by atoms with van der Waals surface area (Å²) in [6.07, 6.45) is 5.23. The van der Waals surface area contributed by atoms with Gasteiger partial charge in [-0.2, -0.15) is 0 Å². The fraction of sp³-hybridized carbons (Fsp3) is 0.100. The molecule has 0 bridgehead atoms. The second-order valence-corrected chi connectivity index (χ2v) is 3.39. The molecule has 0 amide bonds. The molecule has 0 saturated heterocycles. The highest BCUT2D eigenvalue weighted by molar-refractivity contribution is 6.28. The zero-order valence-electron chi connectivity index (χ0n) is 6.88. The zero-order chi connectivity index (χ0) is 9.42. The van der Waals surface area contributed by atoms with E-state index in [1.807, 2.05) is 12.2 Å². The predicted octanol–water partition coefficient (Wildman–Crippen LogP) is 2.02. The number of hydrogen-bond acceptors (Lipinski definition) is 1. The molecule has 1 aliphatic rings. The van der Waals surface area contributed by atoms with Crippen LogP contribution in [0.3, 0.4) is 0 Å². The number of aromatic amines is 1. The molecule has 2 nitrogen and oxygen atoms in total. The van der Waals surface area contributed by atoms with E-state index in [-0.39, 0.29) is 10.8 Å². The van der Waals surface area contributed by atoms with E-state index in [9.17, 15) is 4.79 Å². The van der Waals surface area contributed by atoms with Gasteiger partial charge in [-0.1, -0.05) is 12.7 Å². The van der Waals surface area contributed by atoms with Crippen molar-refractivity contribution < 1.29 is 0 Å². The third kappa shape index (κ3) is 1.23. The quantitative estimate of drug-likeness (QED) is 0.629. The Bertz CT molecular complexity index is 444. The number of fused-ring (bicyclic) bond motifs is 1. The molecule has 0 saturated carbocycles. The number of aromatic nitrogens is 1. The van der Waals surface area contributed by atoms with Crippen molar-refractivity contribution in [1.82, 2.24) is 4.98 Å². The van der Waals surface area contributed by atoms with Crippen molar-refractivity contribution in [2.24, 2.45) is 0 Å². The molecule has 1 aliphatic carbocycles. The zero-order valence-corrected chi connectivity index (χ0v) is 7.64. The predicted molar refractivity (Wildman–Crippen MR) is 54.8 cm³/mol.